The fourth-order valence-electron chi connectivity index (χ4n) is 2.02. The van der Waals surface area contributed by atoms with E-state index in [0.29, 0.717) is 32.7 Å². The highest BCUT2D eigenvalue weighted by Crippen LogP contribution is 2.13. The van der Waals surface area contributed by atoms with E-state index in [0.717, 1.165) is 0 Å². The first-order chi connectivity index (χ1) is 10.1. The van der Waals surface area contributed by atoms with Crippen LogP contribution in [0.3, 0.4) is 0 Å². The van der Waals surface area contributed by atoms with Gasteiger partial charge >= 0.3 is 12.1 Å². The number of nitrogens with one attached hydrogen (secondary N) is 1. The molecule has 0 saturated carbocycles. The summed E-state index contributed by atoms with van der Waals surface area (Å²) in [4.78, 5) is 23.4. The lowest BCUT2D eigenvalue weighted by molar-refractivity contribution is 0.0554. The molecule has 116 valence electrons. The van der Waals surface area contributed by atoms with Crippen molar-refractivity contribution in [3.63, 3.8) is 0 Å². The SMILES string of the molecule is COC(=O)c1cc(OCC[C@@H]2CN(C(=O)O)CCN2)no1. The Balaban J connectivity index is 1.75. The van der Waals surface area contributed by atoms with E-state index < -0.39 is 12.1 Å². The molecule has 0 unspecified atom stereocenters. The van der Waals surface area contributed by atoms with Gasteiger partial charge in [-0.3, -0.25) is 0 Å². The van der Waals surface area contributed by atoms with Gasteiger partial charge in [-0.1, -0.05) is 0 Å². The zero-order valence-corrected chi connectivity index (χ0v) is 11.6. The van der Waals surface area contributed by atoms with Crippen LogP contribution in [-0.4, -0.2) is 66.6 Å². The van der Waals surface area contributed by atoms with Crippen molar-refractivity contribution in [3.05, 3.63) is 11.8 Å². The smallest absolute Gasteiger partial charge is 0.407 e. The largest absolute Gasteiger partial charge is 0.475 e. The Kier molecular flexibility index (Phi) is 4.99. The number of carboxylic acid groups (broad SMARTS) is 1. The Labute approximate surface area is 120 Å². The third-order valence-corrected chi connectivity index (χ3v) is 3.12. The summed E-state index contributed by atoms with van der Waals surface area (Å²) in [6, 6.07) is 1.38. The fraction of sp³-hybridized carbons (Fsp3) is 0.583. The summed E-state index contributed by atoms with van der Waals surface area (Å²) >= 11 is 0. The monoisotopic (exact) mass is 299 g/mol. The molecule has 1 aliphatic heterocycles. The van der Waals surface area contributed by atoms with Crippen LogP contribution in [0.25, 0.3) is 0 Å². The Morgan fingerprint density at radius 1 is 1.62 bits per heavy atom. The number of hydrogen-bond donors (Lipinski definition) is 2. The molecule has 1 aliphatic rings. The summed E-state index contributed by atoms with van der Waals surface area (Å²) in [5.74, 6) is -0.454. The number of nitrogens with zero attached hydrogens (tertiary/aromatic N) is 2. The van der Waals surface area contributed by atoms with Crippen LogP contribution in [0.4, 0.5) is 4.79 Å². The van der Waals surface area contributed by atoms with E-state index in [9.17, 15) is 9.59 Å². The molecule has 1 atom stereocenters. The number of ether oxygens (including phenoxy) is 2. The van der Waals surface area contributed by atoms with E-state index in [4.69, 9.17) is 14.4 Å². The Morgan fingerprint density at radius 2 is 2.43 bits per heavy atom. The molecule has 21 heavy (non-hydrogen) atoms. The van der Waals surface area contributed by atoms with E-state index in [1.807, 2.05) is 0 Å². The Hall–Kier alpha value is -2.29. The summed E-state index contributed by atoms with van der Waals surface area (Å²) < 4.78 is 14.6. The zero-order valence-electron chi connectivity index (χ0n) is 11.6. The zero-order chi connectivity index (χ0) is 15.2. The van der Waals surface area contributed by atoms with E-state index >= 15 is 0 Å². The van der Waals surface area contributed by atoms with E-state index in [-0.39, 0.29) is 17.7 Å². The first-order valence-electron chi connectivity index (χ1n) is 6.49. The van der Waals surface area contributed by atoms with Gasteiger partial charge in [0.2, 0.25) is 5.76 Å². The number of aromatic nitrogens is 1. The van der Waals surface area contributed by atoms with Gasteiger partial charge in [-0.15, -0.1) is 0 Å². The molecule has 1 fully saturated rings. The van der Waals surface area contributed by atoms with Gasteiger partial charge in [-0.2, -0.15) is 0 Å². The minimum Gasteiger partial charge on any atom is -0.475 e. The molecule has 1 amide bonds. The minimum atomic E-state index is -0.915. The van der Waals surface area contributed by atoms with Gasteiger partial charge in [0.15, 0.2) is 0 Å². The molecule has 9 nitrogen and oxygen atoms in total. The lowest BCUT2D eigenvalue weighted by atomic mass is 10.1. The van der Waals surface area contributed by atoms with Crippen molar-refractivity contribution in [2.75, 3.05) is 33.4 Å². The normalized spacial score (nSPS) is 18.3. The van der Waals surface area contributed by atoms with Gasteiger partial charge in [0.05, 0.1) is 19.8 Å². The second-order valence-corrected chi connectivity index (χ2v) is 4.54. The van der Waals surface area contributed by atoms with Crippen LogP contribution in [0, 0.1) is 0 Å². The molecule has 0 bridgehead atoms. The molecule has 1 saturated heterocycles. The molecule has 1 aromatic heterocycles. The van der Waals surface area contributed by atoms with Crippen molar-refractivity contribution in [1.82, 2.24) is 15.4 Å². The van der Waals surface area contributed by atoms with Crippen LogP contribution in [-0.2, 0) is 4.74 Å². The molecule has 0 radical (unpaired) electrons. The summed E-state index contributed by atoms with van der Waals surface area (Å²) in [6.07, 6.45) is -0.300. The molecule has 2 N–H and O–H groups in total. The molecule has 0 aromatic carbocycles. The number of esters is 1. The number of carbonyl (C=O) groups is 2. The Morgan fingerprint density at radius 3 is 3.14 bits per heavy atom. The molecule has 9 heteroatoms. The quantitative estimate of drug-likeness (QED) is 0.740. The van der Waals surface area contributed by atoms with Crippen LogP contribution in [0.2, 0.25) is 0 Å². The minimum absolute atomic E-state index is 0.0275. The standard InChI is InChI=1S/C12H17N3O6/c1-19-11(16)9-6-10(14-21-9)20-5-2-8-7-15(12(17)18)4-3-13-8/h6,8,13H,2-5,7H2,1H3,(H,17,18)/t8-/m1/s1. The average molecular weight is 299 g/mol. The van der Waals surface area contributed by atoms with Crippen molar-refractivity contribution >= 4 is 12.1 Å². The second-order valence-electron chi connectivity index (χ2n) is 4.54. The van der Waals surface area contributed by atoms with Gasteiger partial charge < -0.3 is 29.3 Å². The van der Waals surface area contributed by atoms with Crippen LogP contribution in [0.15, 0.2) is 10.6 Å². The number of rotatable bonds is 5. The van der Waals surface area contributed by atoms with Crippen LogP contribution < -0.4 is 10.1 Å². The highest BCUT2D eigenvalue weighted by molar-refractivity contribution is 5.86. The predicted molar refractivity (Wildman–Crippen MR) is 69.3 cm³/mol. The van der Waals surface area contributed by atoms with Crippen molar-refractivity contribution in [2.24, 2.45) is 0 Å². The molecule has 1 aromatic rings. The van der Waals surface area contributed by atoms with Crippen molar-refractivity contribution in [1.29, 1.82) is 0 Å². The van der Waals surface area contributed by atoms with Crippen molar-refractivity contribution < 1.29 is 28.7 Å². The van der Waals surface area contributed by atoms with Gasteiger partial charge in [-0.25, -0.2) is 9.59 Å². The number of carbonyl (C=O) groups excluding carboxylic acids is 1. The number of hydrogen-bond acceptors (Lipinski definition) is 7. The number of amides is 1. The maximum absolute atomic E-state index is 11.2. The second kappa shape index (κ2) is 6.93. The van der Waals surface area contributed by atoms with Crippen molar-refractivity contribution in [2.45, 2.75) is 12.5 Å². The summed E-state index contributed by atoms with van der Waals surface area (Å²) in [5, 5.41) is 15.7. The molecular formula is C12H17N3O6. The maximum Gasteiger partial charge on any atom is 0.407 e. The third kappa shape index (κ3) is 4.09. The van der Waals surface area contributed by atoms with Crippen LogP contribution >= 0.6 is 0 Å². The average Bonchev–Trinajstić information content (AvgIpc) is 2.95. The lowest BCUT2D eigenvalue weighted by Gasteiger charge is -2.31. The van der Waals surface area contributed by atoms with E-state index in [1.54, 1.807) is 0 Å². The molecular weight excluding hydrogens is 282 g/mol. The Bertz CT molecular complexity index is 503. The van der Waals surface area contributed by atoms with Gasteiger partial charge in [0.1, 0.15) is 0 Å². The van der Waals surface area contributed by atoms with E-state index in [1.165, 1.54) is 18.1 Å². The maximum atomic E-state index is 11.2. The topological polar surface area (TPSA) is 114 Å². The molecule has 0 spiro atoms. The van der Waals surface area contributed by atoms with Gasteiger partial charge in [0, 0.05) is 25.7 Å². The lowest BCUT2D eigenvalue weighted by Crippen LogP contribution is -2.52. The van der Waals surface area contributed by atoms with Crippen LogP contribution in [0.1, 0.15) is 17.0 Å². The highest BCUT2D eigenvalue weighted by Gasteiger charge is 2.22. The first-order valence-corrected chi connectivity index (χ1v) is 6.49. The summed E-state index contributed by atoms with van der Waals surface area (Å²) in [5.41, 5.74) is 0. The predicted octanol–water partition coefficient (Wildman–Crippen LogP) is 0.182. The summed E-state index contributed by atoms with van der Waals surface area (Å²) in [7, 11) is 1.24. The van der Waals surface area contributed by atoms with E-state index in [2.05, 4.69) is 15.2 Å². The third-order valence-electron chi connectivity index (χ3n) is 3.12. The van der Waals surface area contributed by atoms with Crippen molar-refractivity contribution in [3.8, 4) is 5.88 Å². The van der Waals surface area contributed by atoms with Gasteiger partial charge in [0.25, 0.3) is 5.88 Å². The molecule has 2 rings (SSSR count). The number of piperazine rings is 1. The van der Waals surface area contributed by atoms with Crippen LogP contribution in [0.5, 0.6) is 5.88 Å². The fourth-order valence-corrected chi connectivity index (χ4v) is 2.02. The molecule has 0 aliphatic carbocycles. The number of methoxy groups -OCH3 is 1. The van der Waals surface area contributed by atoms with Gasteiger partial charge in [-0.05, 0) is 11.6 Å². The summed E-state index contributed by atoms with van der Waals surface area (Å²) in [6.45, 7) is 1.86. The molecule has 2 heterocycles. The highest BCUT2D eigenvalue weighted by atomic mass is 16.6. The first kappa shape index (κ1) is 15.1.